The Kier molecular flexibility index (Phi) is 4.32. The number of hydrogen-bond donors (Lipinski definition) is 2. The average molecular weight is 393 g/mol. The lowest BCUT2D eigenvalue weighted by molar-refractivity contribution is 0.605. The van der Waals surface area contributed by atoms with Crippen molar-refractivity contribution >= 4 is 53.1 Å². The molecule has 1 aromatic heterocycles. The normalized spacial score (nSPS) is 12.2. The van der Waals surface area contributed by atoms with Crippen LogP contribution in [0.2, 0.25) is 0 Å². The highest BCUT2D eigenvalue weighted by Crippen LogP contribution is 2.20. The molecule has 0 fully saturated rings. The summed E-state index contributed by atoms with van der Waals surface area (Å²) in [6.45, 7) is 0. The van der Waals surface area contributed by atoms with Crippen molar-refractivity contribution in [3.8, 4) is 0 Å². The molecule has 136 valence electrons. The third kappa shape index (κ3) is 4.09. The second-order valence-electron chi connectivity index (χ2n) is 5.87. The number of anilines is 2. The van der Waals surface area contributed by atoms with E-state index < -0.39 is 20.0 Å². The molecule has 3 aromatic rings. The number of hydrogen-bond acceptors (Lipinski definition) is 6. The van der Waals surface area contributed by atoms with E-state index in [9.17, 15) is 21.6 Å². The number of sulfonamides is 2. The third-order valence-electron chi connectivity index (χ3n) is 3.49. The van der Waals surface area contributed by atoms with Gasteiger partial charge in [-0.25, -0.2) is 16.8 Å². The zero-order valence-electron chi connectivity index (χ0n) is 13.8. The molecule has 0 unspecified atom stereocenters. The number of nitrogens with zero attached hydrogens (tertiary/aromatic N) is 1. The summed E-state index contributed by atoms with van der Waals surface area (Å²) in [5, 5.41) is 1.10. The van der Waals surface area contributed by atoms with Gasteiger partial charge in [-0.1, -0.05) is 12.1 Å². The van der Waals surface area contributed by atoms with E-state index in [1.807, 2.05) is 0 Å². The number of rotatable bonds is 4. The predicted octanol–water partition coefficient (Wildman–Crippen LogP) is 1.49. The van der Waals surface area contributed by atoms with E-state index in [0.717, 1.165) is 12.5 Å². The van der Waals surface area contributed by atoms with Gasteiger partial charge in [0.2, 0.25) is 20.0 Å². The van der Waals surface area contributed by atoms with Crippen LogP contribution < -0.4 is 14.9 Å². The van der Waals surface area contributed by atoms with Crippen molar-refractivity contribution in [1.29, 1.82) is 0 Å². The van der Waals surface area contributed by atoms with Crippen LogP contribution in [-0.4, -0.2) is 34.3 Å². The first-order valence-corrected chi connectivity index (χ1v) is 11.1. The molecule has 0 aliphatic heterocycles. The first-order valence-electron chi connectivity index (χ1n) is 7.34. The molecule has 0 aliphatic rings. The molecule has 10 heteroatoms. The van der Waals surface area contributed by atoms with E-state index in [1.54, 1.807) is 24.3 Å². The number of benzene rings is 1. The van der Waals surface area contributed by atoms with Crippen molar-refractivity contribution < 1.29 is 16.8 Å². The molecule has 0 spiro atoms. The lowest BCUT2D eigenvalue weighted by Gasteiger charge is -2.04. The first-order chi connectivity index (χ1) is 12.0. The fourth-order valence-electron chi connectivity index (χ4n) is 2.55. The molecule has 1 heterocycles. The molecular weight excluding hydrogens is 378 g/mol. The van der Waals surface area contributed by atoms with Gasteiger partial charge in [0.05, 0.1) is 35.3 Å². The Morgan fingerprint density at radius 1 is 0.808 bits per heavy atom. The smallest absolute Gasteiger partial charge is 0.229 e. The van der Waals surface area contributed by atoms with Gasteiger partial charge in [-0.3, -0.25) is 19.2 Å². The van der Waals surface area contributed by atoms with Crippen molar-refractivity contribution in [2.45, 2.75) is 0 Å². The third-order valence-corrected chi connectivity index (χ3v) is 4.70. The van der Waals surface area contributed by atoms with Crippen molar-refractivity contribution in [1.82, 2.24) is 4.98 Å². The minimum Gasteiger partial charge on any atom is -0.289 e. The van der Waals surface area contributed by atoms with E-state index in [0.29, 0.717) is 10.9 Å². The quantitative estimate of drug-likeness (QED) is 0.692. The summed E-state index contributed by atoms with van der Waals surface area (Å²) in [5.41, 5.74) is 0.432. The Labute approximate surface area is 150 Å². The van der Waals surface area contributed by atoms with Crippen molar-refractivity contribution in [3.63, 3.8) is 0 Å². The van der Waals surface area contributed by atoms with Crippen LogP contribution in [-0.2, 0) is 20.0 Å². The van der Waals surface area contributed by atoms with E-state index in [4.69, 9.17) is 0 Å². The maximum absolute atomic E-state index is 12.9. The van der Waals surface area contributed by atoms with Gasteiger partial charge in [-0.15, -0.1) is 0 Å². The highest BCUT2D eigenvalue weighted by molar-refractivity contribution is 7.92. The van der Waals surface area contributed by atoms with Gasteiger partial charge < -0.3 is 0 Å². The highest BCUT2D eigenvalue weighted by Gasteiger charge is 2.09. The molecule has 0 radical (unpaired) electrons. The summed E-state index contributed by atoms with van der Waals surface area (Å²) in [5.74, 6) is 0. The standard InChI is InChI=1S/C16H15N3O5S2/c1-25(21,22)18-11-5-3-10-4-6-15-14(16(20)13(10)7-11)8-12(9-17-15)19-26(2,23)24/h3-9,18-19H,1-2H3. The van der Waals surface area contributed by atoms with Crippen LogP contribution in [0.4, 0.5) is 11.4 Å². The molecule has 0 amide bonds. The minimum absolute atomic E-state index is 0.168. The molecule has 8 nitrogen and oxygen atoms in total. The van der Waals surface area contributed by atoms with E-state index in [-0.39, 0.29) is 27.6 Å². The van der Waals surface area contributed by atoms with Crippen LogP contribution in [0.25, 0.3) is 21.7 Å². The largest absolute Gasteiger partial charge is 0.289 e. The topological polar surface area (TPSA) is 122 Å². The van der Waals surface area contributed by atoms with E-state index in [2.05, 4.69) is 14.4 Å². The van der Waals surface area contributed by atoms with Gasteiger partial charge >= 0.3 is 0 Å². The van der Waals surface area contributed by atoms with Crippen LogP contribution >= 0.6 is 0 Å². The van der Waals surface area contributed by atoms with Crippen molar-refractivity contribution in [2.24, 2.45) is 0 Å². The Bertz CT molecular complexity index is 1200. The van der Waals surface area contributed by atoms with Crippen LogP contribution in [0.5, 0.6) is 0 Å². The van der Waals surface area contributed by atoms with Crippen molar-refractivity contribution in [2.75, 3.05) is 22.0 Å². The van der Waals surface area contributed by atoms with Gasteiger partial charge in [0.25, 0.3) is 0 Å². The Balaban J connectivity index is 2.29. The minimum atomic E-state index is -3.51. The summed E-state index contributed by atoms with van der Waals surface area (Å²) in [6.07, 6.45) is 3.34. The molecular formula is C16H15N3O5S2. The molecule has 3 rings (SSSR count). The van der Waals surface area contributed by atoms with Crippen molar-refractivity contribution in [3.05, 3.63) is 52.8 Å². The molecule has 2 aromatic carbocycles. The number of aromatic nitrogens is 1. The Hall–Kier alpha value is -2.72. The number of fused-ring (bicyclic) bond motifs is 2. The van der Waals surface area contributed by atoms with Gasteiger partial charge in [0.15, 0.2) is 5.43 Å². The van der Waals surface area contributed by atoms with E-state index in [1.165, 1.54) is 18.3 Å². The molecule has 0 saturated carbocycles. The molecule has 0 saturated heterocycles. The first kappa shape index (κ1) is 18.1. The van der Waals surface area contributed by atoms with E-state index >= 15 is 0 Å². The molecule has 0 aliphatic carbocycles. The van der Waals surface area contributed by atoms with Crippen LogP contribution in [0, 0.1) is 0 Å². The fraction of sp³-hybridized carbons (Fsp3) is 0.125. The average Bonchev–Trinajstić information content (AvgIpc) is 2.62. The Morgan fingerprint density at radius 3 is 2.04 bits per heavy atom. The van der Waals surface area contributed by atoms with Gasteiger partial charge in [0, 0.05) is 11.1 Å². The zero-order chi connectivity index (χ0) is 19.1. The number of nitrogens with one attached hydrogen (secondary N) is 2. The lowest BCUT2D eigenvalue weighted by Crippen LogP contribution is -2.11. The fourth-order valence-corrected chi connectivity index (χ4v) is 3.64. The summed E-state index contributed by atoms with van der Waals surface area (Å²) in [4.78, 5) is 17.1. The summed E-state index contributed by atoms with van der Waals surface area (Å²) >= 11 is 0. The monoisotopic (exact) mass is 393 g/mol. The van der Waals surface area contributed by atoms with Crippen LogP contribution in [0.15, 0.2) is 47.4 Å². The summed E-state index contributed by atoms with van der Waals surface area (Å²) < 4.78 is 50.2. The summed E-state index contributed by atoms with van der Waals surface area (Å²) in [7, 11) is -7.00. The van der Waals surface area contributed by atoms with Gasteiger partial charge in [-0.05, 0) is 29.7 Å². The highest BCUT2D eigenvalue weighted by atomic mass is 32.2. The van der Waals surface area contributed by atoms with Crippen LogP contribution in [0.1, 0.15) is 0 Å². The van der Waals surface area contributed by atoms with Gasteiger partial charge in [0.1, 0.15) is 0 Å². The molecule has 0 atom stereocenters. The lowest BCUT2D eigenvalue weighted by atomic mass is 10.1. The maximum Gasteiger partial charge on any atom is 0.229 e. The molecule has 2 N–H and O–H groups in total. The predicted molar refractivity (Wildman–Crippen MR) is 102 cm³/mol. The maximum atomic E-state index is 12.9. The SMILES string of the molecule is CS(=O)(=O)Nc1ccc2ccc3ncc(NS(C)(=O)=O)cc3c(=O)c2c1. The van der Waals surface area contributed by atoms with Crippen LogP contribution in [0.3, 0.4) is 0 Å². The Morgan fingerprint density at radius 2 is 1.38 bits per heavy atom. The molecule has 0 bridgehead atoms. The zero-order valence-corrected chi connectivity index (χ0v) is 15.5. The second kappa shape index (κ2) is 6.22. The van der Waals surface area contributed by atoms with Gasteiger partial charge in [-0.2, -0.15) is 0 Å². The molecule has 26 heavy (non-hydrogen) atoms. The summed E-state index contributed by atoms with van der Waals surface area (Å²) in [6, 6.07) is 9.36. The number of pyridine rings is 1. The second-order valence-corrected chi connectivity index (χ2v) is 9.37.